The maximum atomic E-state index is 13.1. The number of hydrogen-bond donors (Lipinski definition) is 2. The second-order valence-electron chi connectivity index (χ2n) is 5.80. The minimum Gasteiger partial charge on any atom is -0.332 e. The maximum Gasteiger partial charge on any atom is 0.279 e. The van der Waals surface area contributed by atoms with Crippen LogP contribution in [-0.2, 0) is 4.79 Å². The quantitative estimate of drug-likeness (QED) is 0.845. The fourth-order valence-electron chi connectivity index (χ4n) is 2.49. The molecule has 0 radical (unpaired) electrons. The van der Waals surface area contributed by atoms with E-state index in [1.54, 1.807) is 0 Å². The van der Waals surface area contributed by atoms with Crippen molar-refractivity contribution in [3.05, 3.63) is 65.7 Å². The monoisotopic (exact) mass is 319 g/mol. The van der Waals surface area contributed by atoms with E-state index in [1.807, 2.05) is 35.6 Å². The largest absolute Gasteiger partial charge is 0.332 e. The Labute approximate surface area is 134 Å². The van der Waals surface area contributed by atoms with Gasteiger partial charge in [0.2, 0.25) is 0 Å². The predicted molar refractivity (Wildman–Crippen MR) is 85.8 cm³/mol. The summed E-state index contributed by atoms with van der Waals surface area (Å²) < 4.78 is 26.0. The van der Waals surface area contributed by atoms with Gasteiger partial charge in [0.15, 0.2) is 18.2 Å². The highest BCUT2D eigenvalue weighted by atomic mass is 19.2. The second-order valence-corrected chi connectivity index (χ2v) is 5.80. The Morgan fingerprint density at radius 1 is 1.09 bits per heavy atom. The highest BCUT2D eigenvalue weighted by Crippen LogP contribution is 2.17. The average Bonchev–Trinajstić information content (AvgIpc) is 2.52. The topological polar surface area (TPSA) is 45.7 Å². The van der Waals surface area contributed by atoms with Crippen LogP contribution in [0.2, 0.25) is 0 Å². The van der Waals surface area contributed by atoms with E-state index in [2.05, 4.69) is 19.2 Å². The zero-order valence-electron chi connectivity index (χ0n) is 13.2. The highest BCUT2D eigenvalue weighted by Gasteiger charge is 2.20. The number of benzene rings is 2. The molecule has 1 amide bonds. The van der Waals surface area contributed by atoms with E-state index in [9.17, 15) is 13.6 Å². The Bertz CT molecular complexity index is 659. The summed E-state index contributed by atoms with van der Waals surface area (Å²) in [6.07, 6.45) is 0. The number of carbonyl (C=O) groups is 1. The third-order valence-electron chi connectivity index (χ3n) is 3.66. The van der Waals surface area contributed by atoms with Crippen molar-refractivity contribution in [3.63, 3.8) is 0 Å². The van der Waals surface area contributed by atoms with Crippen LogP contribution in [-0.4, -0.2) is 12.5 Å². The summed E-state index contributed by atoms with van der Waals surface area (Å²) in [5.41, 5.74) is 1.41. The van der Waals surface area contributed by atoms with Crippen LogP contribution in [0.3, 0.4) is 0 Å². The van der Waals surface area contributed by atoms with Gasteiger partial charge in [-0.1, -0.05) is 44.2 Å². The minimum absolute atomic E-state index is 0.159. The Balaban J connectivity index is 1.95. The molecule has 3 N–H and O–H groups in total. The number of rotatable bonds is 6. The summed E-state index contributed by atoms with van der Waals surface area (Å²) in [5.74, 6) is -1.80. The van der Waals surface area contributed by atoms with Crippen molar-refractivity contribution in [1.82, 2.24) is 0 Å². The van der Waals surface area contributed by atoms with E-state index in [0.717, 1.165) is 17.7 Å². The van der Waals surface area contributed by atoms with E-state index in [0.29, 0.717) is 5.92 Å². The fraction of sp³-hybridized carbons (Fsp3) is 0.278. The molecule has 0 aliphatic carbocycles. The van der Waals surface area contributed by atoms with Crippen molar-refractivity contribution < 1.29 is 18.9 Å². The summed E-state index contributed by atoms with van der Waals surface area (Å²) in [6.45, 7) is 4.40. The number of carbonyl (C=O) groups excluding carboxylic acids is 1. The van der Waals surface area contributed by atoms with Gasteiger partial charge >= 0.3 is 0 Å². The molecule has 122 valence electrons. The zero-order valence-corrected chi connectivity index (χ0v) is 13.2. The van der Waals surface area contributed by atoms with Gasteiger partial charge in [-0.05, 0) is 12.1 Å². The normalized spacial score (nSPS) is 12.2. The molecule has 3 nitrogen and oxygen atoms in total. The first-order chi connectivity index (χ1) is 11.0. The number of nitrogens with two attached hydrogens (primary N) is 1. The molecule has 2 rings (SSSR count). The molecule has 0 aromatic heterocycles. The molecular weight excluding hydrogens is 298 g/mol. The summed E-state index contributed by atoms with van der Waals surface area (Å²) in [5, 5.41) is 4.53. The van der Waals surface area contributed by atoms with Crippen molar-refractivity contribution in [2.24, 2.45) is 5.92 Å². The first kappa shape index (κ1) is 17.1. The number of amides is 1. The number of quaternary nitrogens is 1. The molecule has 0 heterocycles. The van der Waals surface area contributed by atoms with Gasteiger partial charge in [-0.25, -0.2) is 8.78 Å². The standard InChI is InChI=1S/C18H20F2N2O/c1-12(2)18(13-6-4-3-5-7-13)21-11-17(23)22-14-8-9-15(19)16(20)10-14/h3-10,12,18,21H,11H2,1-2H3,(H,22,23)/p+1/t18-/m0/s1. The highest BCUT2D eigenvalue weighted by molar-refractivity contribution is 5.91. The van der Waals surface area contributed by atoms with Gasteiger partial charge < -0.3 is 10.6 Å². The van der Waals surface area contributed by atoms with Gasteiger partial charge in [-0.3, -0.25) is 4.79 Å². The van der Waals surface area contributed by atoms with Gasteiger partial charge in [0.05, 0.1) is 0 Å². The van der Waals surface area contributed by atoms with Crippen LogP contribution in [0.25, 0.3) is 0 Å². The Morgan fingerprint density at radius 3 is 2.39 bits per heavy atom. The average molecular weight is 319 g/mol. The number of anilines is 1. The Hall–Kier alpha value is -2.27. The molecule has 5 heteroatoms. The number of nitrogens with one attached hydrogen (secondary N) is 1. The van der Waals surface area contributed by atoms with E-state index < -0.39 is 11.6 Å². The third kappa shape index (κ3) is 4.86. The zero-order chi connectivity index (χ0) is 16.8. The van der Waals surface area contributed by atoms with Gasteiger partial charge in [0.1, 0.15) is 6.04 Å². The van der Waals surface area contributed by atoms with E-state index in [4.69, 9.17) is 0 Å². The summed E-state index contributed by atoms with van der Waals surface area (Å²) in [4.78, 5) is 12.0. The van der Waals surface area contributed by atoms with Crippen LogP contribution in [0, 0.1) is 17.6 Å². The number of halogens is 2. The molecule has 0 saturated heterocycles. The van der Waals surface area contributed by atoms with Gasteiger partial charge in [0, 0.05) is 23.2 Å². The first-order valence-electron chi connectivity index (χ1n) is 7.60. The molecule has 2 aromatic rings. The van der Waals surface area contributed by atoms with E-state index in [-0.39, 0.29) is 24.2 Å². The SMILES string of the molecule is CC(C)[C@H]([NH2+]CC(=O)Nc1ccc(F)c(F)c1)c1ccccc1. The van der Waals surface area contributed by atoms with Crippen LogP contribution in [0.4, 0.5) is 14.5 Å². The van der Waals surface area contributed by atoms with Crippen molar-refractivity contribution >= 4 is 11.6 Å². The van der Waals surface area contributed by atoms with Gasteiger partial charge in [-0.15, -0.1) is 0 Å². The lowest BCUT2D eigenvalue weighted by atomic mass is 9.96. The molecule has 0 aliphatic rings. The van der Waals surface area contributed by atoms with Crippen molar-refractivity contribution in [2.75, 3.05) is 11.9 Å². The van der Waals surface area contributed by atoms with Gasteiger partial charge in [0.25, 0.3) is 5.91 Å². The molecule has 1 atom stereocenters. The van der Waals surface area contributed by atoms with E-state index in [1.165, 1.54) is 6.07 Å². The third-order valence-corrected chi connectivity index (χ3v) is 3.66. The maximum absolute atomic E-state index is 13.1. The molecule has 0 fully saturated rings. The molecule has 2 aromatic carbocycles. The summed E-state index contributed by atoms with van der Waals surface area (Å²) in [6, 6.07) is 13.4. The predicted octanol–water partition coefficient (Wildman–Crippen LogP) is 2.86. The lowest BCUT2D eigenvalue weighted by molar-refractivity contribution is -0.692. The Morgan fingerprint density at radius 2 is 1.78 bits per heavy atom. The van der Waals surface area contributed by atoms with Crippen molar-refractivity contribution in [2.45, 2.75) is 19.9 Å². The van der Waals surface area contributed by atoms with E-state index >= 15 is 0 Å². The van der Waals surface area contributed by atoms with Crippen LogP contribution >= 0.6 is 0 Å². The summed E-state index contributed by atoms with van der Waals surface area (Å²) >= 11 is 0. The molecule has 0 aliphatic heterocycles. The summed E-state index contributed by atoms with van der Waals surface area (Å²) in [7, 11) is 0. The fourth-order valence-corrected chi connectivity index (χ4v) is 2.49. The van der Waals surface area contributed by atoms with Crippen LogP contribution in [0.5, 0.6) is 0 Å². The lowest BCUT2D eigenvalue weighted by Crippen LogP contribution is -2.88. The first-order valence-corrected chi connectivity index (χ1v) is 7.60. The lowest BCUT2D eigenvalue weighted by Gasteiger charge is -2.19. The molecule has 0 spiro atoms. The number of hydrogen-bond acceptors (Lipinski definition) is 1. The minimum atomic E-state index is -0.976. The van der Waals surface area contributed by atoms with Crippen molar-refractivity contribution in [1.29, 1.82) is 0 Å². The molecular formula is C18H21F2N2O+. The van der Waals surface area contributed by atoms with Crippen LogP contribution in [0.15, 0.2) is 48.5 Å². The second kappa shape index (κ2) is 7.83. The molecule has 23 heavy (non-hydrogen) atoms. The molecule has 0 saturated carbocycles. The van der Waals surface area contributed by atoms with Crippen LogP contribution in [0.1, 0.15) is 25.5 Å². The molecule has 0 unspecified atom stereocenters. The smallest absolute Gasteiger partial charge is 0.279 e. The molecule has 0 bridgehead atoms. The van der Waals surface area contributed by atoms with Crippen LogP contribution < -0.4 is 10.6 Å². The van der Waals surface area contributed by atoms with Crippen molar-refractivity contribution in [3.8, 4) is 0 Å². The Kier molecular flexibility index (Phi) is 5.82. The van der Waals surface area contributed by atoms with Gasteiger partial charge in [-0.2, -0.15) is 0 Å².